The van der Waals surface area contributed by atoms with E-state index in [4.69, 9.17) is 5.73 Å². The Morgan fingerprint density at radius 3 is 2.89 bits per heavy atom. The van der Waals surface area contributed by atoms with Crippen molar-refractivity contribution in [1.29, 1.82) is 0 Å². The molecule has 0 aromatic heterocycles. The first kappa shape index (κ1) is 14.0. The first-order valence-corrected chi connectivity index (χ1v) is 6.80. The van der Waals surface area contributed by atoms with E-state index in [9.17, 15) is 9.18 Å². The highest BCUT2D eigenvalue weighted by molar-refractivity contribution is 5.95. The molecule has 2 unspecified atom stereocenters. The largest absolute Gasteiger partial charge is 0.336 e. The minimum atomic E-state index is -0.447. The second-order valence-electron chi connectivity index (χ2n) is 5.47. The molecule has 1 aliphatic heterocycles. The molecule has 2 rings (SSSR count). The summed E-state index contributed by atoms with van der Waals surface area (Å²) < 4.78 is 13.8. The van der Waals surface area contributed by atoms with Gasteiger partial charge in [-0.25, -0.2) is 4.39 Å². The van der Waals surface area contributed by atoms with Gasteiger partial charge in [-0.3, -0.25) is 4.79 Å². The Labute approximate surface area is 113 Å². The van der Waals surface area contributed by atoms with Gasteiger partial charge in [0.05, 0.1) is 5.56 Å². The van der Waals surface area contributed by atoms with Crippen molar-refractivity contribution in [3.8, 4) is 0 Å². The smallest absolute Gasteiger partial charge is 0.257 e. The number of hydrogen-bond acceptors (Lipinski definition) is 2. The molecule has 2 atom stereocenters. The lowest BCUT2D eigenvalue weighted by Crippen LogP contribution is -2.47. The lowest BCUT2D eigenvalue weighted by Gasteiger charge is -2.37. The predicted octanol–water partition coefficient (Wildman–Crippen LogP) is 2.33. The van der Waals surface area contributed by atoms with Crippen LogP contribution in [-0.4, -0.2) is 29.9 Å². The summed E-state index contributed by atoms with van der Waals surface area (Å²) >= 11 is 0. The lowest BCUT2D eigenvalue weighted by atomic mass is 9.92. The highest BCUT2D eigenvalue weighted by Crippen LogP contribution is 2.24. The monoisotopic (exact) mass is 264 g/mol. The molecular weight excluding hydrogens is 243 g/mol. The van der Waals surface area contributed by atoms with Gasteiger partial charge in [0.2, 0.25) is 0 Å². The maximum Gasteiger partial charge on any atom is 0.257 e. The fraction of sp³-hybridized carbons (Fsp3) is 0.533. The Bertz CT molecular complexity index is 475. The molecule has 104 valence electrons. The summed E-state index contributed by atoms with van der Waals surface area (Å²) in [6, 6.07) is 4.80. The molecule has 0 aliphatic carbocycles. The Morgan fingerprint density at radius 1 is 1.47 bits per heavy atom. The molecule has 0 bridgehead atoms. The van der Waals surface area contributed by atoms with Crippen molar-refractivity contribution in [2.75, 3.05) is 13.1 Å². The van der Waals surface area contributed by atoms with E-state index in [0.717, 1.165) is 18.4 Å². The number of halogens is 1. The van der Waals surface area contributed by atoms with Gasteiger partial charge >= 0.3 is 0 Å². The topological polar surface area (TPSA) is 46.3 Å². The SMILES string of the molecule is Cc1ccc(F)c(C(=O)N2CC(CN)CCC2C)c1. The highest BCUT2D eigenvalue weighted by Gasteiger charge is 2.30. The van der Waals surface area contributed by atoms with E-state index in [-0.39, 0.29) is 17.5 Å². The molecule has 1 fully saturated rings. The van der Waals surface area contributed by atoms with Crippen molar-refractivity contribution >= 4 is 5.91 Å². The van der Waals surface area contributed by atoms with E-state index in [2.05, 4.69) is 0 Å². The average molecular weight is 264 g/mol. The van der Waals surface area contributed by atoms with Crippen LogP contribution in [0.3, 0.4) is 0 Å². The predicted molar refractivity (Wildman–Crippen MR) is 73.4 cm³/mol. The Morgan fingerprint density at radius 2 is 2.21 bits per heavy atom. The highest BCUT2D eigenvalue weighted by atomic mass is 19.1. The summed E-state index contributed by atoms with van der Waals surface area (Å²) in [5.74, 6) is -0.336. The number of nitrogens with zero attached hydrogens (tertiary/aromatic N) is 1. The fourth-order valence-corrected chi connectivity index (χ4v) is 2.62. The van der Waals surface area contributed by atoms with Crippen LogP contribution in [0.4, 0.5) is 4.39 Å². The minimum Gasteiger partial charge on any atom is -0.336 e. The first-order chi connectivity index (χ1) is 9.02. The Balaban J connectivity index is 2.24. The number of nitrogens with two attached hydrogens (primary N) is 1. The van der Waals surface area contributed by atoms with Crippen LogP contribution >= 0.6 is 0 Å². The van der Waals surface area contributed by atoms with E-state index in [0.29, 0.717) is 19.0 Å². The van der Waals surface area contributed by atoms with E-state index in [1.807, 2.05) is 13.8 Å². The maximum absolute atomic E-state index is 13.8. The lowest BCUT2D eigenvalue weighted by molar-refractivity contribution is 0.0562. The maximum atomic E-state index is 13.8. The van der Waals surface area contributed by atoms with Gasteiger partial charge in [0.25, 0.3) is 5.91 Å². The zero-order valence-corrected chi connectivity index (χ0v) is 11.5. The van der Waals surface area contributed by atoms with Crippen LogP contribution < -0.4 is 5.73 Å². The summed E-state index contributed by atoms with van der Waals surface area (Å²) in [5, 5.41) is 0. The Kier molecular flexibility index (Phi) is 4.20. The number of carbonyl (C=O) groups excluding carboxylic acids is 1. The van der Waals surface area contributed by atoms with Gasteiger partial charge in [-0.15, -0.1) is 0 Å². The van der Waals surface area contributed by atoms with E-state index in [1.165, 1.54) is 6.07 Å². The van der Waals surface area contributed by atoms with E-state index in [1.54, 1.807) is 17.0 Å². The van der Waals surface area contributed by atoms with Crippen molar-refractivity contribution in [1.82, 2.24) is 4.90 Å². The quantitative estimate of drug-likeness (QED) is 0.891. The molecule has 1 aromatic carbocycles. The van der Waals surface area contributed by atoms with Crippen LogP contribution in [0, 0.1) is 18.7 Å². The van der Waals surface area contributed by atoms with Crippen molar-refractivity contribution in [2.24, 2.45) is 11.7 Å². The normalized spacial score (nSPS) is 23.5. The average Bonchev–Trinajstić information content (AvgIpc) is 2.41. The molecule has 0 radical (unpaired) electrons. The Hall–Kier alpha value is -1.42. The molecule has 1 amide bonds. The summed E-state index contributed by atoms with van der Waals surface area (Å²) in [6.07, 6.45) is 1.97. The van der Waals surface area contributed by atoms with Crippen LogP contribution in [0.25, 0.3) is 0 Å². The zero-order chi connectivity index (χ0) is 14.0. The number of hydrogen-bond donors (Lipinski definition) is 1. The van der Waals surface area contributed by atoms with Crippen LogP contribution in [0.1, 0.15) is 35.7 Å². The number of amides is 1. The van der Waals surface area contributed by atoms with Gasteiger partial charge in [0, 0.05) is 12.6 Å². The molecule has 0 spiro atoms. The number of likely N-dealkylation sites (tertiary alicyclic amines) is 1. The van der Waals surface area contributed by atoms with E-state index >= 15 is 0 Å². The number of carbonyl (C=O) groups is 1. The number of piperidine rings is 1. The second kappa shape index (κ2) is 5.70. The number of aryl methyl sites for hydroxylation is 1. The molecule has 0 saturated carbocycles. The van der Waals surface area contributed by atoms with Crippen molar-refractivity contribution in [3.05, 3.63) is 35.1 Å². The van der Waals surface area contributed by atoms with Gasteiger partial charge in [-0.05, 0) is 51.3 Å². The zero-order valence-electron chi connectivity index (χ0n) is 11.5. The summed E-state index contributed by atoms with van der Waals surface area (Å²) in [6.45, 7) is 5.08. The molecule has 1 saturated heterocycles. The van der Waals surface area contributed by atoms with Gasteiger partial charge in [-0.2, -0.15) is 0 Å². The minimum absolute atomic E-state index is 0.148. The molecule has 1 aliphatic rings. The third-order valence-electron chi connectivity index (χ3n) is 3.93. The van der Waals surface area contributed by atoms with Crippen LogP contribution in [0.5, 0.6) is 0 Å². The number of benzene rings is 1. The van der Waals surface area contributed by atoms with Crippen LogP contribution in [0.15, 0.2) is 18.2 Å². The molecule has 2 N–H and O–H groups in total. The summed E-state index contributed by atoms with van der Waals surface area (Å²) in [4.78, 5) is 14.3. The number of rotatable bonds is 2. The fourth-order valence-electron chi connectivity index (χ4n) is 2.62. The summed E-state index contributed by atoms with van der Waals surface area (Å²) in [7, 11) is 0. The molecular formula is C15H21FN2O. The van der Waals surface area contributed by atoms with Crippen LogP contribution in [0.2, 0.25) is 0 Å². The first-order valence-electron chi connectivity index (χ1n) is 6.80. The third kappa shape index (κ3) is 2.95. The second-order valence-corrected chi connectivity index (χ2v) is 5.47. The van der Waals surface area contributed by atoms with Crippen molar-refractivity contribution < 1.29 is 9.18 Å². The van der Waals surface area contributed by atoms with Crippen molar-refractivity contribution in [3.63, 3.8) is 0 Å². The van der Waals surface area contributed by atoms with Gasteiger partial charge in [0.15, 0.2) is 0 Å². The van der Waals surface area contributed by atoms with Gasteiger partial charge < -0.3 is 10.6 Å². The molecule has 1 heterocycles. The molecule has 3 nitrogen and oxygen atoms in total. The third-order valence-corrected chi connectivity index (χ3v) is 3.93. The van der Waals surface area contributed by atoms with Gasteiger partial charge in [-0.1, -0.05) is 11.6 Å². The van der Waals surface area contributed by atoms with Crippen LogP contribution in [-0.2, 0) is 0 Å². The molecule has 4 heteroatoms. The van der Waals surface area contributed by atoms with E-state index < -0.39 is 5.82 Å². The van der Waals surface area contributed by atoms with Crippen molar-refractivity contribution in [2.45, 2.75) is 32.7 Å². The molecule has 1 aromatic rings. The summed E-state index contributed by atoms with van der Waals surface area (Å²) in [5.41, 5.74) is 6.76. The standard InChI is InChI=1S/C15H21FN2O/c1-10-3-6-14(16)13(7-10)15(19)18-9-12(8-17)5-4-11(18)2/h3,6-7,11-12H,4-5,8-9,17H2,1-2H3. The molecule has 19 heavy (non-hydrogen) atoms. The van der Waals surface area contributed by atoms with Gasteiger partial charge in [0.1, 0.15) is 5.82 Å².